The number of carbonyl (C=O) groups excluding carboxylic acids is 1. The molecule has 12 nitrogen and oxygen atoms in total. The summed E-state index contributed by atoms with van der Waals surface area (Å²) in [6, 6.07) is 15.5. The van der Waals surface area contributed by atoms with E-state index < -0.39 is 43.3 Å². The Morgan fingerprint density at radius 1 is 1.00 bits per heavy atom. The molecule has 55 heavy (non-hydrogen) atoms. The molecule has 1 saturated heterocycles. The molecule has 2 aromatic rings. The van der Waals surface area contributed by atoms with Crippen molar-refractivity contribution in [1.82, 2.24) is 0 Å². The summed E-state index contributed by atoms with van der Waals surface area (Å²) in [5.41, 5.74) is 11.9. The maximum Gasteiger partial charge on any atom is 0.338 e. The summed E-state index contributed by atoms with van der Waals surface area (Å²) >= 11 is 0. The average Bonchev–Trinajstić information content (AvgIpc) is 3.51. The highest BCUT2D eigenvalue weighted by molar-refractivity contribution is 6.77. The van der Waals surface area contributed by atoms with Crippen LogP contribution in [-0.4, -0.2) is 63.6 Å². The maximum absolute atomic E-state index is 13.8. The fraction of sp³-hybridized carbons (Fsp3) is 0.643. The van der Waals surface area contributed by atoms with E-state index in [1.54, 1.807) is 7.11 Å². The fourth-order valence-electron chi connectivity index (χ4n) is 8.62. The molecule has 304 valence electrons. The van der Waals surface area contributed by atoms with Crippen LogP contribution >= 0.6 is 0 Å². The van der Waals surface area contributed by atoms with Crippen LogP contribution in [0.25, 0.3) is 10.4 Å². The molecule has 0 saturated carbocycles. The lowest BCUT2D eigenvalue weighted by Gasteiger charge is -2.46. The highest BCUT2D eigenvalue weighted by Crippen LogP contribution is 2.48. The molecule has 1 fully saturated rings. The molecule has 1 aliphatic rings. The van der Waals surface area contributed by atoms with Crippen molar-refractivity contribution in [2.45, 2.75) is 135 Å². The largest absolute Gasteiger partial charge is 0.456 e. The minimum Gasteiger partial charge on any atom is -0.456 e. The van der Waals surface area contributed by atoms with Crippen molar-refractivity contribution in [3.8, 4) is 0 Å². The van der Waals surface area contributed by atoms with Gasteiger partial charge in [-0.3, -0.25) is 10.1 Å². The van der Waals surface area contributed by atoms with Crippen molar-refractivity contribution in [1.29, 1.82) is 0 Å². The molecule has 1 heterocycles. The predicted molar refractivity (Wildman–Crippen MR) is 218 cm³/mol. The molecule has 3 rings (SSSR count). The normalized spacial score (nSPS) is 20.9. The van der Waals surface area contributed by atoms with Crippen molar-refractivity contribution in [2.24, 2.45) is 22.9 Å². The Hall–Kier alpha value is -3.58. The van der Waals surface area contributed by atoms with Crippen LogP contribution in [0.3, 0.4) is 0 Å². The van der Waals surface area contributed by atoms with Gasteiger partial charge in [-0.25, -0.2) is 4.79 Å². The molecular weight excluding hydrogens is 717 g/mol. The third-order valence-electron chi connectivity index (χ3n) is 11.2. The monoisotopic (exact) mass is 780 g/mol. The zero-order valence-corrected chi connectivity index (χ0v) is 35.6. The van der Waals surface area contributed by atoms with Crippen LogP contribution in [0.5, 0.6) is 0 Å². The molecular formula is C42H64N4O8Si. The van der Waals surface area contributed by atoms with E-state index in [-0.39, 0.29) is 52.0 Å². The number of hydrogen-bond donors (Lipinski definition) is 0. The third kappa shape index (κ3) is 12.2. The van der Waals surface area contributed by atoms with E-state index in [0.717, 1.165) is 11.1 Å². The SMILES string of the molecule is C=C(COCc1ccccc1)C[C@@H](C)C[C@@H](O[Si](C(C)C)(C(C)C)C(C)C)[C@H]1OC(OC)([C@@H](C)C[C@@H](C)CN=[N+]=[N-])C[C@H]1OC(=O)c1ccc([N+](=O)[O-])cc1. The Balaban J connectivity index is 2.02. The summed E-state index contributed by atoms with van der Waals surface area (Å²) in [7, 11) is -0.907. The Morgan fingerprint density at radius 2 is 1.62 bits per heavy atom. The Bertz CT molecular complexity index is 1560. The van der Waals surface area contributed by atoms with Gasteiger partial charge in [-0.05, 0) is 70.9 Å². The minimum atomic E-state index is -2.52. The molecule has 0 bridgehead atoms. The summed E-state index contributed by atoms with van der Waals surface area (Å²) in [5, 5.41) is 15.1. The zero-order valence-electron chi connectivity index (χ0n) is 34.6. The van der Waals surface area contributed by atoms with Crippen molar-refractivity contribution in [2.75, 3.05) is 20.3 Å². The van der Waals surface area contributed by atoms with Crippen molar-refractivity contribution in [3.05, 3.63) is 98.4 Å². The standard InChI is InChI=1S/C42H64N4O8Si/c1-28(2)55(29(3)4,30(5)6)54-38(23-31(7)21-33(9)26-51-27-35-15-13-12-14-16-35)40-39(52-41(47)36-17-19-37(20-18-36)46(48)49)24-42(50-11,53-40)34(10)22-32(8)25-44-45-43/h12-20,28-32,34,38-40H,9,21-27H2,1-8,10-11H3/t31-,32-,34+,38-,39-,40-,42?/m1/s1. The van der Waals surface area contributed by atoms with Gasteiger partial charge in [0.1, 0.15) is 12.2 Å². The van der Waals surface area contributed by atoms with Crippen molar-refractivity contribution >= 4 is 20.0 Å². The van der Waals surface area contributed by atoms with E-state index in [1.807, 2.05) is 44.2 Å². The average molecular weight is 781 g/mol. The van der Waals surface area contributed by atoms with E-state index in [4.69, 9.17) is 28.9 Å². The molecule has 2 aromatic carbocycles. The minimum absolute atomic E-state index is 0.0479. The van der Waals surface area contributed by atoms with Gasteiger partial charge in [-0.1, -0.05) is 110 Å². The van der Waals surface area contributed by atoms with Crippen LogP contribution in [0, 0.1) is 27.9 Å². The first-order valence-electron chi connectivity index (χ1n) is 19.6. The van der Waals surface area contributed by atoms with Gasteiger partial charge in [-0.2, -0.15) is 0 Å². The van der Waals surface area contributed by atoms with E-state index in [9.17, 15) is 14.9 Å². The van der Waals surface area contributed by atoms with Gasteiger partial charge in [0.05, 0.1) is 29.8 Å². The number of carbonyl (C=O) groups is 1. The Morgan fingerprint density at radius 3 is 2.16 bits per heavy atom. The van der Waals surface area contributed by atoms with Crippen LogP contribution in [-0.2, 0) is 30.0 Å². The van der Waals surface area contributed by atoms with Gasteiger partial charge < -0.3 is 23.4 Å². The number of benzene rings is 2. The number of hydrogen-bond acceptors (Lipinski definition) is 9. The first kappa shape index (κ1) is 45.8. The number of azide groups is 1. The smallest absolute Gasteiger partial charge is 0.338 e. The third-order valence-corrected chi connectivity index (χ3v) is 17.3. The second-order valence-electron chi connectivity index (χ2n) is 16.5. The van der Waals surface area contributed by atoms with Gasteiger partial charge in [0.15, 0.2) is 5.79 Å². The second kappa shape index (κ2) is 21.1. The fourth-order valence-corrected chi connectivity index (χ4v) is 14.2. The van der Waals surface area contributed by atoms with E-state index >= 15 is 0 Å². The summed E-state index contributed by atoms with van der Waals surface area (Å²) in [6.07, 6.45) is 0.279. The number of nitro benzene ring substituents is 1. The van der Waals surface area contributed by atoms with Crippen LogP contribution in [0.1, 0.15) is 104 Å². The zero-order chi connectivity index (χ0) is 40.9. The molecule has 0 aromatic heterocycles. The summed E-state index contributed by atoms with van der Waals surface area (Å²) < 4.78 is 33.3. The Kier molecular flexibility index (Phi) is 17.6. The van der Waals surface area contributed by atoms with Crippen LogP contribution < -0.4 is 0 Å². The van der Waals surface area contributed by atoms with Crippen molar-refractivity contribution < 1.29 is 33.1 Å². The molecule has 0 N–H and O–H groups in total. The van der Waals surface area contributed by atoms with Gasteiger partial charge in [0, 0.05) is 43.0 Å². The second-order valence-corrected chi connectivity index (χ2v) is 21.9. The number of ether oxygens (including phenoxy) is 4. The van der Waals surface area contributed by atoms with Crippen LogP contribution in [0.15, 0.2) is 71.9 Å². The maximum atomic E-state index is 13.8. The summed E-state index contributed by atoms with van der Waals surface area (Å²) in [6.45, 7) is 25.3. The number of non-ortho nitro benzene ring substituents is 1. The van der Waals surface area contributed by atoms with Crippen LogP contribution in [0.4, 0.5) is 5.69 Å². The summed E-state index contributed by atoms with van der Waals surface area (Å²) in [5.74, 6) is -1.75. The molecule has 0 radical (unpaired) electrons. The van der Waals surface area contributed by atoms with Crippen LogP contribution in [0.2, 0.25) is 16.6 Å². The predicted octanol–water partition coefficient (Wildman–Crippen LogP) is 11.0. The number of esters is 1. The lowest BCUT2D eigenvalue weighted by atomic mass is 9.87. The highest BCUT2D eigenvalue weighted by atomic mass is 28.4. The van der Waals surface area contributed by atoms with Crippen molar-refractivity contribution in [3.63, 3.8) is 0 Å². The summed E-state index contributed by atoms with van der Waals surface area (Å²) in [4.78, 5) is 27.6. The lowest BCUT2D eigenvalue weighted by Crippen LogP contribution is -2.54. The Labute approximate surface area is 329 Å². The molecule has 13 heteroatoms. The number of methoxy groups -OCH3 is 1. The van der Waals surface area contributed by atoms with Gasteiger partial charge in [-0.15, -0.1) is 0 Å². The molecule has 0 amide bonds. The number of nitrogens with zero attached hydrogens (tertiary/aromatic N) is 4. The highest BCUT2D eigenvalue weighted by Gasteiger charge is 2.57. The molecule has 7 atom stereocenters. The topological polar surface area (TPSA) is 155 Å². The van der Waals surface area contributed by atoms with Gasteiger partial charge in [0.25, 0.3) is 5.69 Å². The van der Waals surface area contributed by atoms with E-state index in [2.05, 4.69) is 65.1 Å². The number of rotatable bonds is 23. The lowest BCUT2D eigenvalue weighted by molar-refractivity contribution is -0.384. The molecule has 0 spiro atoms. The first-order valence-corrected chi connectivity index (χ1v) is 21.8. The van der Waals surface area contributed by atoms with E-state index in [0.29, 0.717) is 39.0 Å². The first-order chi connectivity index (χ1) is 26.0. The van der Waals surface area contributed by atoms with Gasteiger partial charge >= 0.3 is 5.97 Å². The molecule has 1 aliphatic heterocycles. The molecule has 1 unspecified atom stereocenters. The quantitative estimate of drug-likeness (QED) is 0.0158. The van der Waals surface area contributed by atoms with E-state index in [1.165, 1.54) is 24.3 Å². The van der Waals surface area contributed by atoms with Gasteiger partial charge in [0.2, 0.25) is 8.32 Å². The molecule has 0 aliphatic carbocycles. The number of nitro groups is 1.